The van der Waals surface area contributed by atoms with Gasteiger partial charge in [-0.3, -0.25) is 4.79 Å². The van der Waals surface area contributed by atoms with Crippen LogP contribution in [0.1, 0.15) is 58.3 Å². The van der Waals surface area contributed by atoms with Crippen molar-refractivity contribution in [2.45, 2.75) is 58.3 Å². The molecule has 2 rings (SSSR count). The van der Waals surface area contributed by atoms with Crippen molar-refractivity contribution in [3.05, 3.63) is 0 Å². The molecule has 1 unspecified atom stereocenters. The summed E-state index contributed by atoms with van der Waals surface area (Å²) in [5.41, 5.74) is 5.08. The molecule has 0 aromatic carbocycles. The van der Waals surface area contributed by atoms with Gasteiger partial charge < -0.3 is 15.8 Å². The Balaban J connectivity index is 2.02. The Hall–Kier alpha value is -1.26. The van der Waals surface area contributed by atoms with Gasteiger partial charge in [0.1, 0.15) is 5.41 Å². The molecule has 20 heavy (non-hydrogen) atoms. The fraction of sp³-hybridized carbons (Fsp3) is 0.867. The highest BCUT2D eigenvalue weighted by atomic mass is 16.4. The lowest BCUT2D eigenvalue weighted by Gasteiger charge is -2.42. The van der Waals surface area contributed by atoms with Gasteiger partial charge in [0, 0.05) is 13.1 Å². The molecule has 0 aromatic rings. The van der Waals surface area contributed by atoms with E-state index in [2.05, 4.69) is 12.1 Å². The maximum atomic E-state index is 12.8. The van der Waals surface area contributed by atoms with Crippen LogP contribution < -0.4 is 5.73 Å². The quantitative estimate of drug-likeness (QED) is 0.359. The summed E-state index contributed by atoms with van der Waals surface area (Å²) in [4.78, 5) is 14.7. The summed E-state index contributed by atoms with van der Waals surface area (Å²) in [6.45, 7) is 3.86. The molecule has 2 fully saturated rings. The molecule has 1 saturated carbocycles. The van der Waals surface area contributed by atoms with Gasteiger partial charge in [0.05, 0.1) is 0 Å². The minimum absolute atomic E-state index is 0.0798. The molecule has 1 aliphatic carbocycles. The van der Waals surface area contributed by atoms with Crippen LogP contribution >= 0.6 is 0 Å². The van der Waals surface area contributed by atoms with Crippen molar-refractivity contribution < 1.29 is 10.0 Å². The lowest BCUT2D eigenvalue weighted by atomic mass is 9.66. The molecule has 0 radical (unpaired) electrons. The van der Waals surface area contributed by atoms with E-state index in [1.807, 2.05) is 4.90 Å². The molecular formula is C15H27N3O2. The van der Waals surface area contributed by atoms with E-state index < -0.39 is 5.41 Å². The zero-order valence-corrected chi connectivity index (χ0v) is 12.5. The zero-order valence-electron chi connectivity index (χ0n) is 12.5. The summed E-state index contributed by atoms with van der Waals surface area (Å²) in [5, 5.41) is 12.1. The average molecular weight is 281 g/mol. The van der Waals surface area contributed by atoms with Gasteiger partial charge in [-0.15, -0.1) is 0 Å². The van der Waals surface area contributed by atoms with Crippen LogP contribution in [-0.2, 0) is 4.79 Å². The first-order chi connectivity index (χ1) is 9.64. The Bertz CT molecular complexity index is 377. The Morgan fingerprint density at radius 1 is 1.35 bits per heavy atom. The summed E-state index contributed by atoms with van der Waals surface area (Å²) in [7, 11) is 0. The van der Waals surface area contributed by atoms with E-state index in [0.717, 1.165) is 51.1 Å². The average Bonchev–Trinajstić information content (AvgIpc) is 2.63. The van der Waals surface area contributed by atoms with Crippen molar-refractivity contribution >= 4 is 11.7 Å². The second-order valence-electron chi connectivity index (χ2n) is 6.30. The first kappa shape index (κ1) is 15.1. The minimum Gasteiger partial charge on any atom is -0.409 e. The van der Waals surface area contributed by atoms with E-state index in [1.165, 1.54) is 19.3 Å². The van der Waals surface area contributed by atoms with Crippen molar-refractivity contribution in [3.8, 4) is 0 Å². The molecule has 5 heteroatoms. The highest BCUT2D eigenvalue weighted by molar-refractivity contribution is 6.07. The van der Waals surface area contributed by atoms with Crippen molar-refractivity contribution in [2.24, 2.45) is 22.2 Å². The van der Waals surface area contributed by atoms with Crippen molar-refractivity contribution in [1.82, 2.24) is 4.90 Å². The van der Waals surface area contributed by atoms with Gasteiger partial charge in [0.15, 0.2) is 5.84 Å². The van der Waals surface area contributed by atoms with Crippen LogP contribution in [-0.4, -0.2) is 34.9 Å². The molecule has 0 bridgehead atoms. The number of likely N-dealkylation sites (tertiary alicyclic amines) is 1. The van der Waals surface area contributed by atoms with Crippen molar-refractivity contribution in [3.63, 3.8) is 0 Å². The highest BCUT2D eigenvalue weighted by Crippen LogP contribution is 2.43. The third kappa shape index (κ3) is 2.76. The number of hydrogen-bond acceptors (Lipinski definition) is 3. The van der Waals surface area contributed by atoms with Crippen molar-refractivity contribution in [2.75, 3.05) is 13.1 Å². The smallest absolute Gasteiger partial charge is 0.236 e. The van der Waals surface area contributed by atoms with Gasteiger partial charge in [-0.2, -0.15) is 0 Å². The lowest BCUT2D eigenvalue weighted by Crippen LogP contribution is -2.55. The van der Waals surface area contributed by atoms with E-state index in [4.69, 9.17) is 10.9 Å². The van der Waals surface area contributed by atoms with Crippen LogP contribution in [0.25, 0.3) is 0 Å². The van der Waals surface area contributed by atoms with Crippen LogP contribution in [0, 0.1) is 11.3 Å². The summed E-state index contributed by atoms with van der Waals surface area (Å²) in [6, 6.07) is 0. The standard InChI is InChI=1S/C15H27N3O2/c1-2-5-12-6-3-10-18(11-7-12)14(19)15(8-4-9-15)13(16)17-20/h12,20H,2-11H2,1H3,(H2,16,17). The summed E-state index contributed by atoms with van der Waals surface area (Å²) in [6.07, 6.45) is 8.27. The SMILES string of the molecule is CCCC1CCCN(C(=O)C2(C(N)=NO)CCC2)CC1. The molecule has 2 aliphatic rings. The fourth-order valence-electron chi connectivity index (χ4n) is 3.57. The van der Waals surface area contributed by atoms with E-state index in [0.29, 0.717) is 0 Å². The van der Waals surface area contributed by atoms with Crippen LogP contribution in [0.3, 0.4) is 0 Å². The summed E-state index contributed by atoms with van der Waals surface area (Å²) in [5.74, 6) is 0.929. The van der Waals surface area contributed by atoms with E-state index >= 15 is 0 Å². The molecule has 114 valence electrons. The number of nitrogens with two attached hydrogens (primary N) is 1. The second kappa shape index (κ2) is 6.46. The van der Waals surface area contributed by atoms with Gasteiger partial charge in [-0.05, 0) is 38.0 Å². The third-order valence-electron chi connectivity index (χ3n) is 5.05. The largest absolute Gasteiger partial charge is 0.409 e. The third-order valence-corrected chi connectivity index (χ3v) is 5.05. The van der Waals surface area contributed by atoms with Crippen LogP contribution in [0.4, 0.5) is 0 Å². The molecule has 3 N–H and O–H groups in total. The van der Waals surface area contributed by atoms with Crippen molar-refractivity contribution in [1.29, 1.82) is 0 Å². The number of carbonyl (C=O) groups is 1. The van der Waals surface area contributed by atoms with Gasteiger partial charge in [-0.25, -0.2) is 0 Å². The highest BCUT2D eigenvalue weighted by Gasteiger charge is 2.50. The van der Waals surface area contributed by atoms with Crippen LogP contribution in [0.15, 0.2) is 5.16 Å². The minimum atomic E-state index is -0.709. The number of hydrogen-bond donors (Lipinski definition) is 2. The first-order valence-corrected chi connectivity index (χ1v) is 7.91. The van der Waals surface area contributed by atoms with Gasteiger partial charge in [0.25, 0.3) is 0 Å². The molecule has 1 saturated heterocycles. The fourth-order valence-corrected chi connectivity index (χ4v) is 3.57. The summed E-state index contributed by atoms with van der Waals surface area (Å²) < 4.78 is 0. The predicted octanol–water partition coefficient (Wildman–Crippen LogP) is 2.33. The molecular weight excluding hydrogens is 254 g/mol. The molecule has 1 amide bonds. The topological polar surface area (TPSA) is 78.9 Å². The molecule has 1 aliphatic heterocycles. The maximum absolute atomic E-state index is 12.8. The van der Waals surface area contributed by atoms with E-state index in [9.17, 15) is 4.79 Å². The molecule has 5 nitrogen and oxygen atoms in total. The second-order valence-corrected chi connectivity index (χ2v) is 6.30. The number of carbonyl (C=O) groups excluding carboxylic acids is 1. The summed E-state index contributed by atoms with van der Waals surface area (Å²) >= 11 is 0. The Kier molecular flexibility index (Phi) is 4.89. The molecule has 1 heterocycles. The number of nitrogens with zero attached hydrogens (tertiary/aromatic N) is 2. The lowest BCUT2D eigenvalue weighted by molar-refractivity contribution is -0.142. The van der Waals surface area contributed by atoms with Gasteiger partial charge in [0.2, 0.25) is 5.91 Å². The van der Waals surface area contributed by atoms with Gasteiger partial charge >= 0.3 is 0 Å². The van der Waals surface area contributed by atoms with Gasteiger partial charge in [-0.1, -0.05) is 31.3 Å². The van der Waals surface area contributed by atoms with E-state index in [-0.39, 0.29) is 11.7 Å². The zero-order chi connectivity index (χ0) is 14.6. The molecule has 0 spiro atoms. The first-order valence-electron chi connectivity index (χ1n) is 7.91. The monoisotopic (exact) mass is 281 g/mol. The number of rotatable bonds is 4. The normalized spacial score (nSPS) is 26.8. The van der Waals surface area contributed by atoms with Crippen LogP contribution in [0.2, 0.25) is 0 Å². The Morgan fingerprint density at radius 3 is 2.65 bits per heavy atom. The Morgan fingerprint density at radius 2 is 2.10 bits per heavy atom. The van der Waals surface area contributed by atoms with E-state index in [1.54, 1.807) is 0 Å². The molecule has 1 atom stereocenters. The number of amides is 1. The number of amidine groups is 1. The van der Waals surface area contributed by atoms with Crippen LogP contribution in [0.5, 0.6) is 0 Å². The Labute approximate surface area is 121 Å². The molecule has 0 aromatic heterocycles. The maximum Gasteiger partial charge on any atom is 0.236 e. The predicted molar refractivity (Wildman–Crippen MR) is 78.5 cm³/mol. The number of oxime groups is 1.